The van der Waals surface area contributed by atoms with E-state index >= 15 is 0 Å². The summed E-state index contributed by atoms with van der Waals surface area (Å²) >= 11 is 6.08. The topological polar surface area (TPSA) is 57.2 Å². The largest absolute Gasteiger partial charge is 0.378 e. The average molecular weight is 413 g/mol. The first-order chi connectivity index (χ1) is 14.1. The molecule has 152 valence electrons. The Morgan fingerprint density at radius 2 is 1.90 bits per heavy atom. The van der Waals surface area contributed by atoms with Gasteiger partial charge in [-0.3, -0.25) is 0 Å². The Bertz CT molecular complexity index is 923. The number of fused-ring (bicyclic) bond motifs is 1. The van der Waals surface area contributed by atoms with Crippen LogP contribution in [-0.2, 0) is 11.2 Å². The van der Waals surface area contributed by atoms with Crippen LogP contribution in [0.3, 0.4) is 0 Å². The van der Waals surface area contributed by atoms with E-state index in [1.54, 1.807) is 12.1 Å². The second-order valence-electron chi connectivity index (χ2n) is 7.35. The van der Waals surface area contributed by atoms with Gasteiger partial charge in [-0.2, -0.15) is 5.10 Å². The highest BCUT2D eigenvalue weighted by Gasteiger charge is 2.27. The maximum Gasteiger partial charge on any atom is 0.337 e. The lowest BCUT2D eigenvalue weighted by Crippen LogP contribution is -2.41. The number of nitrogens with zero attached hydrogens (tertiary/aromatic N) is 3. The van der Waals surface area contributed by atoms with Gasteiger partial charge in [-0.15, -0.1) is 0 Å². The second-order valence-corrected chi connectivity index (χ2v) is 7.79. The minimum absolute atomic E-state index is 0.0709. The van der Waals surface area contributed by atoms with E-state index in [0.29, 0.717) is 5.02 Å². The minimum atomic E-state index is -0.217. The standard InChI is InChI=1S/C22H25ClN4O2/c1-15-13-17-14-19(26-9-11-29-12-10-26)7-8-20(17)21(25-27(15)22(28)24-2)16-3-5-18(23)6-4-16/h3-8,14-15H,9-13H2,1-2H3,(H,24,28). The summed E-state index contributed by atoms with van der Waals surface area (Å²) in [6.45, 7) is 5.28. The quantitative estimate of drug-likeness (QED) is 0.821. The van der Waals surface area contributed by atoms with Crippen LogP contribution >= 0.6 is 11.6 Å². The van der Waals surface area contributed by atoms with Crippen molar-refractivity contribution in [1.82, 2.24) is 10.3 Å². The van der Waals surface area contributed by atoms with Crippen molar-refractivity contribution < 1.29 is 9.53 Å². The number of carbonyl (C=O) groups is 1. The van der Waals surface area contributed by atoms with Crippen LogP contribution in [0, 0.1) is 0 Å². The first kappa shape index (κ1) is 19.7. The molecule has 2 aliphatic rings. The lowest BCUT2D eigenvalue weighted by Gasteiger charge is -2.29. The van der Waals surface area contributed by atoms with Gasteiger partial charge in [0.2, 0.25) is 0 Å². The molecule has 0 aliphatic carbocycles. The highest BCUT2D eigenvalue weighted by atomic mass is 35.5. The molecule has 1 fully saturated rings. The van der Waals surface area contributed by atoms with E-state index in [1.165, 1.54) is 11.3 Å². The number of ether oxygens (including phenoxy) is 1. The molecule has 1 N–H and O–H groups in total. The van der Waals surface area contributed by atoms with Crippen molar-refractivity contribution in [2.45, 2.75) is 19.4 Å². The van der Waals surface area contributed by atoms with E-state index in [2.05, 4.69) is 28.4 Å². The van der Waals surface area contributed by atoms with Gasteiger partial charge in [0, 0.05) is 42.0 Å². The van der Waals surface area contributed by atoms with Crippen LogP contribution in [0.2, 0.25) is 5.02 Å². The summed E-state index contributed by atoms with van der Waals surface area (Å²) < 4.78 is 5.49. The molecule has 0 aromatic heterocycles. The van der Waals surface area contributed by atoms with Crippen molar-refractivity contribution in [3.05, 3.63) is 64.2 Å². The van der Waals surface area contributed by atoms with Crippen molar-refractivity contribution in [2.75, 3.05) is 38.3 Å². The number of rotatable bonds is 2. The van der Waals surface area contributed by atoms with E-state index in [1.807, 2.05) is 31.2 Å². The molecule has 4 rings (SSSR count). The molecule has 1 atom stereocenters. The van der Waals surface area contributed by atoms with Gasteiger partial charge in [0.05, 0.1) is 25.0 Å². The fourth-order valence-electron chi connectivity index (χ4n) is 3.84. The van der Waals surface area contributed by atoms with Crippen LogP contribution in [-0.4, -0.2) is 56.1 Å². The zero-order valence-electron chi connectivity index (χ0n) is 16.7. The number of hydrogen-bond acceptors (Lipinski definition) is 4. The maximum atomic E-state index is 12.5. The number of nitrogens with one attached hydrogen (secondary N) is 1. The number of urea groups is 1. The first-order valence-corrected chi connectivity index (χ1v) is 10.3. The van der Waals surface area contributed by atoms with Gasteiger partial charge in [-0.05, 0) is 43.2 Å². The number of amides is 2. The summed E-state index contributed by atoms with van der Waals surface area (Å²) in [7, 11) is 1.63. The molecule has 6 nitrogen and oxygen atoms in total. The van der Waals surface area contributed by atoms with Crippen molar-refractivity contribution in [1.29, 1.82) is 0 Å². The number of anilines is 1. The summed E-state index contributed by atoms with van der Waals surface area (Å²) in [6.07, 6.45) is 0.724. The smallest absolute Gasteiger partial charge is 0.337 e. The zero-order valence-corrected chi connectivity index (χ0v) is 17.4. The van der Waals surface area contributed by atoms with E-state index in [0.717, 1.165) is 49.6 Å². The highest BCUT2D eigenvalue weighted by Crippen LogP contribution is 2.28. The van der Waals surface area contributed by atoms with Gasteiger partial charge in [0.25, 0.3) is 0 Å². The van der Waals surface area contributed by atoms with Gasteiger partial charge in [0.15, 0.2) is 0 Å². The van der Waals surface area contributed by atoms with E-state index in [4.69, 9.17) is 21.4 Å². The Morgan fingerprint density at radius 1 is 1.17 bits per heavy atom. The highest BCUT2D eigenvalue weighted by molar-refractivity contribution is 6.30. The summed E-state index contributed by atoms with van der Waals surface area (Å²) in [5.74, 6) is 0. The van der Waals surface area contributed by atoms with Crippen LogP contribution in [0.5, 0.6) is 0 Å². The van der Waals surface area contributed by atoms with Crippen molar-refractivity contribution >= 4 is 29.0 Å². The van der Waals surface area contributed by atoms with Crippen LogP contribution < -0.4 is 10.2 Å². The fourth-order valence-corrected chi connectivity index (χ4v) is 3.97. The number of hydrazone groups is 1. The van der Waals surface area contributed by atoms with E-state index in [-0.39, 0.29) is 12.1 Å². The molecular weight excluding hydrogens is 388 g/mol. The first-order valence-electron chi connectivity index (χ1n) is 9.88. The minimum Gasteiger partial charge on any atom is -0.378 e. The number of hydrogen-bond donors (Lipinski definition) is 1. The monoisotopic (exact) mass is 412 g/mol. The Morgan fingerprint density at radius 3 is 2.59 bits per heavy atom. The Labute approximate surface area is 176 Å². The summed E-state index contributed by atoms with van der Waals surface area (Å²) in [5, 5.41) is 9.68. The molecule has 2 amide bonds. The second kappa shape index (κ2) is 8.43. The molecule has 0 saturated carbocycles. The third kappa shape index (κ3) is 4.09. The third-order valence-corrected chi connectivity index (χ3v) is 5.65. The SMILES string of the molecule is CNC(=O)N1N=C(c2ccc(Cl)cc2)c2ccc(N3CCOCC3)cc2CC1C. The van der Waals surface area contributed by atoms with Gasteiger partial charge >= 0.3 is 6.03 Å². The van der Waals surface area contributed by atoms with Crippen LogP contribution in [0.15, 0.2) is 47.6 Å². The number of carbonyl (C=O) groups excluding carboxylic acids is 1. The van der Waals surface area contributed by atoms with Gasteiger partial charge in [-0.1, -0.05) is 29.8 Å². The van der Waals surface area contributed by atoms with Gasteiger partial charge < -0.3 is 15.0 Å². The fraction of sp³-hybridized carbons (Fsp3) is 0.364. The lowest BCUT2D eigenvalue weighted by molar-refractivity contribution is 0.122. The maximum absolute atomic E-state index is 12.5. The van der Waals surface area contributed by atoms with Gasteiger partial charge in [-0.25, -0.2) is 9.80 Å². The normalized spacial score (nSPS) is 19.3. The van der Waals surface area contributed by atoms with Gasteiger partial charge in [0.1, 0.15) is 0 Å². The zero-order chi connectivity index (χ0) is 20.4. The summed E-state index contributed by atoms with van der Waals surface area (Å²) in [5.41, 5.74) is 5.11. The average Bonchev–Trinajstić information content (AvgIpc) is 2.90. The van der Waals surface area contributed by atoms with E-state index in [9.17, 15) is 4.79 Å². The molecule has 2 heterocycles. The number of morpholine rings is 1. The number of benzene rings is 2. The summed E-state index contributed by atoms with van der Waals surface area (Å²) in [6, 6.07) is 13.8. The predicted molar refractivity (Wildman–Crippen MR) is 116 cm³/mol. The molecule has 29 heavy (non-hydrogen) atoms. The molecule has 1 unspecified atom stereocenters. The Hall–Kier alpha value is -2.57. The number of halogens is 1. The molecule has 2 aromatic rings. The molecule has 0 radical (unpaired) electrons. The van der Waals surface area contributed by atoms with Crippen molar-refractivity contribution in [3.8, 4) is 0 Å². The van der Waals surface area contributed by atoms with Crippen LogP contribution in [0.25, 0.3) is 0 Å². The van der Waals surface area contributed by atoms with E-state index < -0.39 is 0 Å². The van der Waals surface area contributed by atoms with Crippen molar-refractivity contribution in [2.24, 2.45) is 5.10 Å². The van der Waals surface area contributed by atoms with Crippen LogP contribution in [0.1, 0.15) is 23.6 Å². The molecule has 7 heteroatoms. The predicted octanol–water partition coefficient (Wildman–Crippen LogP) is 3.52. The lowest BCUT2D eigenvalue weighted by atomic mass is 9.94. The Balaban J connectivity index is 1.80. The molecule has 2 aromatic carbocycles. The van der Waals surface area contributed by atoms with Crippen molar-refractivity contribution in [3.63, 3.8) is 0 Å². The molecule has 2 aliphatic heterocycles. The summed E-state index contributed by atoms with van der Waals surface area (Å²) in [4.78, 5) is 14.8. The Kier molecular flexibility index (Phi) is 5.74. The molecular formula is C22H25ClN4O2. The molecule has 1 saturated heterocycles. The van der Waals surface area contributed by atoms with Crippen LogP contribution in [0.4, 0.5) is 10.5 Å². The molecule has 0 bridgehead atoms. The molecule has 0 spiro atoms. The third-order valence-electron chi connectivity index (χ3n) is 5.40.